The van der Waals surface area contributed by atoms with Crippen LogP contribution in [0.4, 0.5) is 0 Å². The number of aromatic carboxylic acids is 1. The van der Waals surface area contributed by atoms with Crippen LogP contribution in [0.1, 0.15) is 115 Å². The largest absolute Gasteiger partial charge is 0.478 e. The molecule has 0 radical (unpaired) electrons. The number of nitrogens with zero attached hydrogens (tertiary/aromatic N) is 1. The number of hydrogen-bond donors (Lipinski definition) is 3. The van der Waals surface area contributed by atoms with Gasteiger partial charge in [0.05, 0.1) is 5.56 Å². The second-order valence-corrected chi connectivity index (χ2v) is 20.4. The first-order valence-electron chi connectivity index (χ1n) is 19.7. The van der Waals surface area contributed by atoms with E-state index in [1.807, 2.05) is 12.1 Å². The molecule has 1 aromatic rings. The zero-order valence-electron chi connectivity index (χ0n) is 31.6. The van der Waals surface area contributed by atoms with Gasteiger partial charge in [0, 0.05) is 60.1 Å². The van der Waals surface area contributed by atoms with Gasteiger partial charge < -0.3 is 20.6 Å². The Balaban J connectivity index is 1.16. The molecule has 5 aliphatic carbocycles. The monoisotopic (exact) mass is 691 g/mol. The Morgan fingerprint density at radius 2 is 1.65 bits per heavy atom. The summed E-state index contributed by atoms with van der Waals surface area (Å²) in [6, 6.07) is 8.17. The summed E-state index contributed by atoms with van der Waals surface area (Å²) in [7, 11) is 1.56. The van der Waals surface area contributed by atoms with E-state index in [1.165, 1.54) is 62.5 Å². The van der Waals surface area contributed by atoms with E-state index in [2.05, 4.69) is 70.2 Å². The van der Waals surface area contributed by atoms with Crippen LogP contribution in [0.25, 0.3) is 5.57 Å². The van der Waals surface area contributed by atoms with E-state index in [4.69, 9.17) is 0 Å². The van der Waals surface area contributed by atoms with Gasteiger partial charge in [-0.3, -0.25) is 4.21 Å². The predicted octanol–water partition coefficient (Wildman–Crippen LogP) is 7.47. The average molecular weight is 692 g/mol. The highest BCUT2D eigenvalue weighted by Crippen LogP contribution is 2.76. The zero-order chi connectivity index (χ0) is 35.0. The highest BCUT2D eigenvalue weighted by Gasteiger charge is 2.70. The highest BCUT2D eigenvalue weighted by atomic mass is 32.2. The van der Waals surface area contributed by atoms with Crippen LogP contribution in [0.3, 0.4) is 0 Å². The van der Waals surface area contributed by atoms with Gasteiger partial charge in [-0.1, -0.05) is 52.8 Å². The van der Waals surface area contributed by atoms with Crippen molar-refractivity contribution in [3.05, 3.63) is 41.5 Å². The molecule has 3 N–H and O–H groups in total. The highest BCUT2D eigenvalue weighted by molar-refractivity contribution is 7.85. The molecular formula is C42H65N3O3S. The normalized spacial score (nSPS) is 42.7. The zero-order valence-corrected chi connectivity index (χ0v) is 32.4. The molecule has 6 aliphatic rings. The molecule has 6 nitrogen and oxygen atoms in total. The summed E-state index contributed by atoms with van der Waals surface area (Å²) < 4.78 is 12.0. The molecule has 272 valence electrons. The van der Waals surface area contributed by atoms with E-state index < -0.39 is 16.8 Å². The number of hydrogen-bond acceptors (Lipinski definition) is 5. The van der Waals surface area contributed by atoms with E-state index >= 15 is 0 Å². The van der Waals surface area contributed by atoms with Crippen molar-refractivity contribution in [3.63, 3.8) is 0 Å². The molecule has 49 heavy (non-hydrogen) atoms. The molecule has 5 fully saturated rings. The van der Waals surface area contributed by atoms with Crippen LogP contribution in [-0.2, 0) is 10.8 Å². The van der Waals surface area contributed by atoms with E-state index in [0.29, 0.717) is 46.1 Å². The van der Waals surface area contributed by atoms with Gasteiger partial charge in [0.1, 0.15) is 0 Å². The van der Waals surface area contributed by atoms with Gasteiger partial charge in [0.2, 0.25) is 0 Å². The molecule has 8 unspecified atom stereocenters. The minimum Gasteiger partial charge on any atom is -0.478 e. The maximum Gasteiger partial charge on any atom is 0.335 e. The van der Waals surface area contributed by atoms with Crippen molar-refractivity contribution in [2.45, 2.75) is 111 Å². The van der Waals surface area contributed by atoms with Crippen molar-refractivity contribution in [1.29, 1.82) is 0 Å². The average Bonchev–Trinajstić information content (AvgIpc) is 3.45. The Kier molecular flexibility index (Phi) is 9.40. The van der Waals surface area contributed by atoms with Crippen molar-refractivity contribution in [2.75, 3.05) is 44.7 Å². The van der Waals surface area contributed by atoms with Crippen molar-refractivity contribution >= 4 is 22.3 Å². The van der Waals surface area contributed by atoms with Gasteiger partial charge in [-0.2, -0.15) is 0 Å². The number of carbonyl (C=O) groups is 1. The Labute approximate surface area is 299 Å². The molecule has 1 aromatic carbocycles. The third-order valence-corrected chi connectivity index (χ3v) is 18.1. The first-order chi connectivity index (χ1) is 23.2. The molecule has 0 bridgehead atoms. The Hall–Kier alpha value is -1.54. The fourth-order valence-electron chi connectivity index (χ4n) is 14.0. The summed E-state index contributed by atoms with van der Waals surface area (Å²) in [4.78, 5) is 14.1. The molecular weight excluding hydrogens is 627 g/mol. The number of rotatable bonds is 8. The summed E-state index contributed by atoms with van der Waals surface area (Å²) in [6.45, 7) is 19.7. The summed E-state index contributed by atoms with van der Waals surface area (Å²) in [5.74, 6) is 4.28. The molecule has 0 amide bonds. The topological polar surface area (TPSA) is 81.7 Å². The number of fused-ring (bicyclic) bond motifs is 7. The van der Waals surface area contributed by atoms with Gasteiger partial charge in [0.15, 0.2) is 0 Å². The van der Waals surface area contributed by atoms with E-state index in [9.17, 15) is 14.1 Å². The van der Waals surface area contributed by atoms with Crippen LogP contribution in [0.15, 0.2) is 30.3 Å². The minimum atomic E-state index is -0.857. The first kappa shape index (κ1) is 35.8. The number of allylic oxidation sites excluding steroid dienone is 2. The summed E-state index contributed by atoms with van der Waals surface area (Å²) in [5.41, 5.74) is 4.14. The third-order valence-electron chi connectivity index (χ3n) is 16.8. The minimum absolute atomic E-state index is 0.0324. The van der Waals surface area contributed by atoms with Crippen LogP contribution < -0.4 is 10.6 Å². The van der Waals surface area contributed by atoms with Gasteiger partial charge >= 0.3 is 5.97 Å². The van der Waals surface area contributed by atoms with Crippen LogP contribution in [0.5, 0.6) is 0 Å². The third kappa shape index (κ3) is 5.57. The number of carboxylic acid groups (broad SMARTS) is 1. The van der Waals surface area contributed by atoms with Crippen molar-refractivity contribution in [1.82, 2.24) is 15.5 Å². The molecule has 10 atom stereocenters. The number of carboxylic acids is 1. The number of benzene rings is 1. The van der Waals surface area contributed by atoms with E-state index in [0.717, 1.165) is 50.0 Å². The maximum absolute atomic E-state index is 12.0. The summed E-state index contributed by atoms with van der Waals surface area (Å²) in [5, 5.41) is 17.5. The first-order valence-corrected chi connectivity index (χ1v) is 21.2. The molecule has 7 heteroatoms. The predicted molar refractivity (Wildman–Crippen MR) is 202 cm³/mol. The molecule has 7 rings (SSSR count). The van der Waals surface area contributed by atoms with Crippen LogP contribution in [-0.4, -0.2) is 76.5 Å². The number of nitrogens with one attached hydrogen (secondary N) is 2. The van der Waals surface area contributed by atoms with Gasteiger partial charge in [-0.15, -0.1) is 0 Å². The lowest BCUT2D eigenvalue weighted by Crippen LogP contribution is -2.68. The smallest absolute Gasteiger partial charge is 0.335 e. The Morgan fingerprint density at radius 3 is 2.33 bits per heavy atom. The molecule has 0 aromatic heterocycles. The Bertz CT molecular complexity index is 1470. The second-order valence-electron chi connectivity index (χ2n) is 18.7. The summed E-state index contributed by atoms with van der Waals surface area (Å²) in [6.07, 6.45) is 14.2. The second kappa shape index (κ2) is 12.8. The SMILES string of the molecule is CNC(C)[C@@H]1CCC2(NCCN3CCS(=O)CC3)CC[C@]3(C)C(CCC4C5(C)CC=C(c6ccc(C(=O)O)cc6)C(C)(C)C5CCC43C)C12. The van der Waals surface area contributed by atoms with E-state index in [1.54, 1.807) is 12.1 Å². The Morgan fingerprint density at radius 1 is 0.939 bits per heavy atom. The quantitative estimate of drug-likeness (QED) is 0.263. The van der Waals surface area contributed by atoms with Gasteiger partial charge in [-0.25, -0.2) is 4.79 Å². The summed E-state index contributed by atoms with van der Waals surface area (Å²) >= 11 is 0. The maximum atomic E-state index is 12.0. The molecule has 0 spiro atoms. The molecule has 1 heterocycles. The fourth-order valence-corrected chi connectivity index (χ4v) is 15.1. The van der Waals surface area contributed by atoms with Crippen LogP contribution in [0.2, 0.25) is 0 Å². The lowest BCUT2D eigenvalue weighted by atomic mass is 9.33. The van der Waals surface area contributed by atoms with Crippen molar-refractivity contribution in [2.24, 2.45) is 51.2 Å². The van der Waals surface area contributed by atoms with Crippen LogP contribution in [0, 0.1) is 51.2 Å². The van der Waals surface area contributed by atoms with Crippen LogP contribution >= 0.6 is 0 Å². The molecule has 1 aliphatic heterocycles. The van der Waals surface area contributed by atoms with Gasteiger partial charge in [-0.05, 0) is 146 Å². The standard InChI is InChI=1S/C42H65N3O3S/c1-28(43-7)31-14-19-42(44-22-23-45-24-26-49(48)27-25-45)21-20-40(5)33(36(31)42)12-13-35-39(4)17-15-32(29-8-10-30(11-9-29)37(46)47)38(2,3)34(39)16-18-41(35,40)6/h8-11,15,28,31,33-36,43-44H,12-14,16-27H2,1-7H3,(H,46,47)/t28?,31-,33?,34?,35?,36?,39?,40+,41?,42?/m0/s1. The van der Waals surface area contributed by atoms with E-state index in [-0.39, 0.29) is 16.4 Å². The molecule has 1 saturated heterocycles. The van der Waals surface area contributed by atoms with Crippen molar-refractivity contribution in [3.8, 4) is 0 Å². The van der Waals surface area contributed by atoms with Crippen molar-refractivity contribution < 1.29 is 14.1 Å². The lowest BCUT2D eigenvalue weighted by Gasteiger charge is -2.72. The fraction of sp³-hybridized carbons (Fsp3) is 0.786. The lowest BCUT2D eigenvalue weighted by molar-refractivity contribution is -0.221. The van der Waals surface area contributed by atoms with Gasteiger partial charge in [0.25, 0.3) is 0 Å². The molecule has 4 saturated carbocycles.